The van der Waals surface area contributed by atoms with Gasteiger partial charge in [-0.2, -0.15) is 10.2 Å². The first-order valence-electron chi connectivity index (χ1n) is 5.18. The number of aromatic amines is 1. The lowest BCUT2D eigenvalue weighted by molar-refractivity contribution is 0.179. The second-order valence-electron chi connectivity index (χ2n) is 3.66. The highest BCUT2D eigenvalue weighted by Crippen LogP contribution is 2.21. The summed E-state index contributed by atoms with van der Waals surface area (Å²) in [6.07, 6.45) is 5.06. The van der Waals surface area contributed by atoms with Crippen LogP contribution >= 0.6 is 0 Å². The average molecular weight is 221 g/mol. The lowest BCUT2D eigenvalue weighted by Gasteiger charge is -2.07. The maximum Gasteiger partial charge on any atom is 0.124 e. The summed E-state index contributed by atoms with van der Waals surface area (Å²) in [7, 11) is 0. The molecule has 2 heterocycles. The van der Waals surface area contributed by atoms with Crippen LogP contribution < -0.4 is 5.73 Å². The zero-order valence-corrected chi connectivity index (χ0v) is 9.09. The van der Waals surface area contributed by atoms with Crippen molar-refractivity contribution < 1.29 is 5.11 Å². The van der Waals surface area contributed by atoms with Crippen LogP contribution in [0.5, 0.6) is 0 Å². The maximum absolute atomic E-state index is 9.95. The molecule has 0 radical (unpaired) electrons. The lowest BCUT2D eigenvalue weighted by Crippen LogP contribution is -2.03. The third-order valence-electron chi connectivity index (χ3n) is 2.50. The molecule has 0 spiro atoms. The van der Waals surface area contributed by atoms with Crippen molar-refractivity contribution in [3.63, 3.8) is 0 Å². The SMILES string of the molecule is CCn1cc(CC(O)c2cn[nH]c2N)cn1. The van der Waals surface area contributed by atoms with E-state index in [1.807, 2.05) is 17.8 Å². The molecular weight excluding hydrogens is 206 g/mol. The van der Waals surface area contributed by atoms with E-state index < -0.39 is 6.10 Å². The van der Waals surface area contributed by atoms with Gasteiger partial charge in [0.15, 0.2) is 0 Å². The number of H-pyrrole nitrogens is 1. The quantitative estimate of drug-likeness (QED) is 0.700. The van der Waals surface area contributed by atoms with Crippen molar-refractivity contribution in [2.45, 2.75) is 26.0 Å². The van der Waals surface area contributed by atoms with E-state index in [2.05, 4.69) is 15.3 Å². The van der Waals surface area contributed by atoms with Crippen LogP contribution in [0.3, 0.4) is 0 Å². The van der Waals surface area contributed by atoms with Crippen LogP contribution in [0.25, 0.3) is 0 Å². The van der Waals surface area contributed by atoms with Crippen LogP contribution in [0.2, 0.25) is 0 Å². The summed E-state index contributed by atoms with van der Waals surface area (Å²) >= 11 is 0. The number of nitrogen functional groups attached to an aromatic ring is 1. The number of nitrogens with two attached hydrogens (primary N) is 1. The first-order valence-corrected chi connectivity index (χ1v) is 5.18. The van der Waals surface area contributed by atoms with E-state index in [1.54, 1.807) is 12.4 Å². The Balaban J connectivity index is 2.07. The molecule has 0 bridgehead atoms. The Kier molecular flexibility index (Phi) is 2.91. The van der Waals surface area contributed by atoms with E-state index in [0.717, 1.165) is 12.1 Å². The normalized spacial score (nSPS) is 12.9. The largest absolute Gasteiger partial charge is 0.388 e. The second kappa shape index (κ2) is 4.36. The summed E-state index contributed by atoms with van der Waals surface area (Å²) in [4.78, 5) is 0. The highest BCUT2D eigenvalue weighted by Gasteiger charge is 2.14. The van der Waals surface area contributed by atoms with Gasteiger partial charge in [-0.05, 0) is 12.5 Å². The lowest BCUT2D eigenvalue weighted by atomic mass is 10.1. The van der Waals surface area contributed by atoms with Crippen molar-refractivity contribution in [1.82, 2.24) is 20.0 Å². The van der Waals surface area contributed by atoms with Crippen LogP contribution in [0.1, 0.15) is 24.2 Å². The first-order chi connectivity index (χ1) is 7.70. The fraction of sp³-hybridized carbons (Fsp3) is 0.400. The molecule has 0 fully saturated rings. The van der Waals surface area contributed by atoms with E-state index in [1.165, 1.54) is 0 Å². The predicted molar refractivity (Wildman–Crippen MR) is 59.6 cm³/mol. The van der Waals surface area contributed by atoms with Gasteiger partial charge in [0.2, 0.25) is 0 Å². The summed E-state index contributed by atoms with van der Waals surface area (Å²) < 4.78 is 1.82. The molecule has 2 aromatic heterocycles. The molecule has 1 unspecified atom stereocenters. The molecule has 2 aromatic rings. The van der Waals surface area contributed by atoms with Crippen molar-refractivity contribution >= 4 is 5.82 Å². The van der Waals surface area contributed by atoms with Crippen LogP contribution in [0.4, 0.5) is 5.82 Å². The van der Waals surface area contributed by atoms with Gasteiger partial charge in [-0.25, -0.2) is 0 Å². The molecule has 0 aliphatic rings. The molecule has 0 aromatic carbocycles. The Morgan fingerprint density at radius 1 is 1.56 bits per heavy atom. The van der Waals surface area contributed by atoms with Crippen LogP contribution in [0.15, 0.2) is 18.6 Å². The zero-order valence-electron chi connectivity index (χ0n) is 9.09. The minimum Gasteiger partial charge on any atom is -0.388 e. The summed E-state index contributed by atoms with van der Waals surface area (Å²) in [5.74, 6) is 0.412. The molecular formula is C10H15N5O. The molecule has 1 atom stereocenters. The Hall–Kier alpha value is -1.82. The smallest absolute Gasteiger partial charge is 0.124 e. The number of nitrogens with zero attached hydrogens (tertiary/aromatic N) is 3. The number of aryl methyl sites for hydroxylation is 1. The van der Waals surface area contributed by atoms with E-state index in [4.69, 9.17) is 5.73 Å². The summed E-state index contributed by atoms with van der Waals surface area (Å²) in [5.41, 5.74) is 7.24. The minimum absolute atomic E-state index is 0.412. The number of anilines is 1. The minimum atomic E-state index is -0.645. The molecule has 0 saturated carbocycles. The molecule has 16 heavy (non-hydrogen) atoms. The summed E-state index contributed by atoms with van der Waals surface area (Å²) in [6, 6.07) is 0. The second-order valence-corrected chi connectivity index (χ2v) is 3.66. The Bertz CT molecular complexity index is 461. The van der Waals surface area contributed by atoms with Crippen molar-refractivity contribution in [2.75, 3.05) is 5.73 Å². The van der Waals surface area contributed by atoms with Crippen LogP contribution in [-0.4, -0.2) is 25.1 Å². The Morgan fingerprint density at radius 2 is 2.38 bits per heavy atom. The van der Waals surface area contributed by atoms with Crippen molar-refractivity contribution in [2.24, 2.45) is 0 Å². The molecule has 0 aliphatic heterocycles. The zero-order chi connectivity index (χ0) is 11.5. The molecule has 0 aliphatic carbocycles. The first kappa shape index (κ1) is 10.7. The number of hydrogen-bond acceptors (Lipinski definition) is 4. The molecule has 86 valence electrons. The molecule has 6 heteroatoms. The van der Waals surface area contributed by atoms with Crippen LogP contribution in [0, 0.1) is 0 Å². The molecule has 4 N–H and O–H groups in total. The van der Waals surface area contributed by atoms with Gasteiger partial charge in [-0.15, -0.1) is 0 Å². The number of rotatable bonds is 4. The molecule has 0 saturated heterocycles. The van der Waals surface area contributed by atoms with Gasteiger partial charge in [-0.1, -0.05) is 0 Å². The monoisotopic (exact) mass is 221 g/mol. The van der Waals surface area contributed by atoms with Gasteiger partial charge in [0.05, 0.1) is 18.5 Å². The van der Waals surface area contributed by atoms with Crippen molar-refractivity contribution in [3.05, 3.63) is 29.7 Å². The topological polar surface area (TPSA) is 92.8 Å². The third kappa shape index (κ3) is 2.06. The van der Waals surface area contributed by atoms with Gasteiger partial charge >= 0.3 is 0 Å². The van der Waals surface area contributed by atoms with E-state index in [-0.39, 0.29) is 0 Å². The highest BCUT2D eigenvalue weighted by atomic mass is 16.3. The van der Waals surface area contributed by atoms with Gasteiger partial charge in [0.25, 0.3) is 0 Å². The standard InChI is InChI=1S/C10H15N5O/c1-2-15-6-7(4-13-15)3-9(16)8-5-12-14-10(8)11/h4-6,9,16H,2-3H2,1H3,(H3,11,12,14). The number of nitrogens with one attached hydrogen (secondary N) is 1. The molecule has 0 amide bonds. The van der Waals surface area contributed by atoms with E-state index in [0.29, 0.717) is 17.8 Å². The van der Waals surface area contributed by atoms with Crippen molar-refractivity contribution in [3.8, 4) is 0 Å². The number of aromatic nitrogens is 4. The summed E-state index contributed by atoms with van der Waals surface area (Å²) in [5, 5.41) is 20.5. The average Bonchev–Trinajstić information content (AvgIpc) is 2.86. The van der Waals surface area contributed by atoms with Gasteiger partial charge in [0.1, 0.15) is 5.82 Å². The number of aliphatic hydroxyl groups is 1. The van der Waals surface area contributed by atoms with E-state index in [9.17, 15) is 5.11 Å². The number of aliphatic hydroxyl groups excluding tert-OH is 1. The Labute approximate surface area is 93.1 Å². The third-order valence-corrected chi connectivity index (χ3v) is 2.50. The van der Waals surface area contributed by atoms with Crippen LogP contribution in [-0.2, 0) is 13.0 Å². The van der Waals surface area contributed by atoms with E-state index >= 15 is 0 Å². The van der Waals surface area contributed by atoms with Gasteiger partial charge in [0, 0.05) is 24.7 Å². The fourth-order valence-electron chi connectivity index (χ4n) is 1.59. The van der Waals surface area contributed by atoms with Gasteiger partial charge < -0.3 is 10.8 Å². The summed E-state index contributed by atoms with van der Waals surface area (Å²) in [6.45, 7) is 2.84. The predicted octanol–water partition coefficient (Wildman–Crippen LogP) is 0.484. The van der Waals surface area contributed by atoms with Gasteiger partial charge in [-0.3, -0.25) is 9.78 Å². The number of hydrogen-bond donors (Lipinski definition) is 3. The van der Waals surface area contributed by atoms with Crippen molar-refractivity contribution in [1.29, 1.82) is 0 Å². The molecule has 6 nitrogen and oxygen atoms in total. The highest BCUT2D eigenvalue weighted by molar-refractivity contribution is 5.39. The maximum atomic E-state index is 9.95. The Morgan fingerprint density at radius 3 is 2.94 bits per heavy atom. The molecule has 2 rings (SSSR count). The fourth-order valence-corrected chi connectivity index (χ4v) is 1.59.